The Morgan fingerprint density at radius 2 is 1.70 bits per heavy atom. The van der Waals surface area contributed by atoms with E-state index in [9.17, 15) is 14.4 Å². The van der Waals surface area contributed by atoms with Crippen LogP contribution < -0.4 is 10.6 Å². The summed E-state index contributed by atoms with van der Waals surface area (Å²) in [5.74, 6) is -0.575. The summed E-state index contributed by atoms with van der Waals surface area (Å²) in [4.78, 5) is 43.8. The number of hydrogen-bond acceptors (Lipinski definition) is 5. The summed E-state index contributed by atoms with van der Waals surface area (Å²) < 4.78 is 0. The van der Waals surface area contributed by atoms with Crippen LogP contribution in [0.3, 0.4) is 0 Å². The largest absolute Gasteiger partial charge is 0.349 e. The van der Waals surface area contributed by atoms with E-state index in [1.54, 1.807) is 22.4 Å². The van der Waals surface area contributed by atoms with Crippen LogP contribution in [0.4, 0.5) is 5.13 Å². The van der Waals surface area contributed by atoms with Crippen LogP contribution in [-0.2, 0) is 16.0 Å². The van der Waals surface area contributed by atoms with Gasteiger partial charge < -0.3 is 15.5 Å². The van der Waals surface area contributed by atoms with E-state index >= 15 is 0 Å². The third-order valence-electron chi connectivity index (χ3n) is 5.40. The Labute approximate surface area is 196 Å². The maximum Gasteiger partial charge on any atom is 0.254 e. The molecule has 3 aromatic rings. The molecule has 1 fully saturated rings. The fourth-order valence-electron chi connectivity index (χ4n) is 3.54. The van der Waals surface area contributed by atoms with Crippen LogP contribution in [0.15, 0.2) is 66.0 Å². The number of benzene rings is 2. The van der Waals surface area contributed by atoms with Gasteiger partial charge in [-0.15, -0.1) is 11.3 Å². The predicted molar refractivity (Wildman–Crippen MR) is 128 cm³/mol. The van der Waals surface area contributed by atoms with E-state index < -0.39 is 0 Å². The first kappa shape index (κ1) is 22.7. The summed E-state index contributed by atoms with van der Waals surface area (Å²) in [6.45, 7) is 1.91. The molecule has 2 aromatic carbocycles. The van der Waals surface area contributed by atoms with E-state index in [-0.39, 0.29) is 42.8 Å². The van der Waals surface area contributed by atoms with Crippen LogP contribution in [0.1, 0.15) is 47.4 Å². The van der Waals surface area contributed by atoms with Gasteiger partial charge in [0.1, 0.15) is 6.54 Å². The van der Waals surface area contributed by atoms with Crippen molar-refractivity contribution < 1.29 is 14.4 Å². The van der Waals surface area contributed by atoms with Gasteiger partial charge in [-0.05, 0) is 37.5 Å². The smallest absolute Gasteiger partial charge is 0.254 e. The summed E-state index contributed by atoms with van der Waals surface area (Å²) in [5.41, 5.74) is 2.19. The molecule has 1 unspecified atom stereocenters. The monoisotopic (exact) mass is 462 g/mol. The van der Waals surface area contributed by atoms with Crippen LogP contribution in [0, 0.1) is 0 Å². The minimum Gasteiger partial charge on any atom is -0.349 e. The molecule has 0 radical (unpaired) electrons. The topological polar surface area (TPSA) is 91.4 Å². The molecule has 3 amide bonds. The first-order valence-corrected chi connectivity index (χ1v) is 11.8. The van der Waals surface area contributed by atoms with Crippen LogP contribution in [0.25, 0.3) is 0 Å². The Bertz CT molecular complexity index is 1110. The van der Waals surface area contributed by atoms with Crippen molar-refractivity contribution in [2.24, 2.45) is 0 Å². The highest BCUT2D eigenvalue weighted by molar-refractivity contribution is 7.13. The van der Waals surface area contributed by atoms with Crippen molar-refractivity contribution in [3.8, 4) is 0 Å². The second-order valence-corrected chi connectivity index (χ2v) is 8.96. The normalized spacial score (nSPS) is 13.7. The second kappa shape index (κ2) is 10.4. The zero-order valence-electron chi connectivity index (χ0n) is 18.4. The van der Waals surface area contributed by atoms with Gasteiger partial charge in [-0.2, -0.15) is 0 Å². The molecule has 2 N–H and O–H groups in total. The summed E-state index contributed by atoms with van der Waals surface area (Å²) in [5, 5.41) is 7.91. The van der Waals surface area contributed by atoms with Crippen molar-refractivity contribution in [2.75, 3.05) is 11.9 Å². The van der Waals surface area contributed by atoms with Crippen LogP contribution in [0.5, 0.6) is 0 Å². The quantitative estimate of drug-likeness (QED) is 0.506. The SMILES string of the molecule is CC(NC(=O)Cc1csc(NC(=O)CN(C(=O)c2ccccc2)C2CC2)n1)c1ccccc1. The van der Waals surface area contributed by atoms with Gasteiger partial charge in [0.25, 0.3) is 5.91 Å². The summed E-state index contributed by atoms with van der Waals surface area (Å²) in [6.07, 6.45) is 1.94. The van der Waals surface area contributed by atoms with E-state index in [4.69, 9.17) is 0 Å². The Morgan fingerprint density at radius 3 is 2.36 bits per heavy atom. The molecule has 1 aromatic heterocycles. The van der Waals surface area contributed by atoms with Gasteiger partial charge in [0, 0.05) is 17.0 Å². The number of carbonyl (C=O) groups excluding carboxylic acids is 3. The number of nitrogens with one attached hydrogen (secondary N) is 2. The molecule has 1 atom stereocenters. The number of anilines is 1. The van der Waals surface area contributed by atoms with Gasteiger partial charge in [-0.1, -0.05) is 48.5 Å². The number of rotatable bonds is 9. The third kappa shape index (κ3) is 6.26. The molecule has 1 heterocycles. The lowest BCUT2D eigenvalue weighted by atomic mass is 10.1. The molecule has 0 spiro atoms. The summed E-state index contributed by atoms with van der Waals surface area (Å²) in [7, 11) is 0. The van der Waals surface area contributed by atoms with Gasteiger partial charge >= 0.3 is 0 Å². The number of thiazole rings is 1. The van der Waals surface area contributed by atoms with Gasteiger partial charge in [0.15, 0.2) is 5.13 Å². The fraction of sp³-hybridized carbons (Fsp3) is 0.280. The summed E-state index contributed by atoms with van der Waals surface area (Å²) in [6, 6.07) is 18.7. The molecule has 0 bridgehead atoms. The van der Waals surface area contributed by atoms with Crippen LogP contribution in [-0.4, -0.2) is 40.2 Å². The van der Waals surface area contributed by atoms with Crippen molar-refractivity contribution in [3.63, 3.8) is 0 Å². The van der Waals surface area contributed by atoms with E-state index in [1.807, 2.05) is 55.5 Å². The molecule has 33 heavy (non-hydrogen) atoms. The van der Waals surface area contributed by atoms with E-state index in [1.165, 1.54) is 11.3 Å². The van der Waals surface area contributed by atoms with Gasteiger partial charge in [0.05, 0.1) is 18.2 Å². The molecule has 170 valence electrons. The minimum absolute atomic E-state index is 0.0254. The molecule has 7 nitrogen and oxygen atoms in total. The predicted octanol–water partition coefficient (Wildman–Crippen LogP) is 3.81. The van der Waals surface area contributed by atoms with E-state index in [0.717, 1.165) is 18.4 Å². The zero-order valence-corrected chi connectivity index (χ0v) is 19.2. The maximum atomic E-state index is 12.8. The molecule has 8 heteroatoms. The highest BCUT2D eigenvalue weighted by atomic mass is 32.1. The molecular weight excluding hydrogens is 436 g/mol. The average Bonchev–Trinajstić information content (AvgIpc) is 3.58. The van der Waals surface area contributed by atoms with Gasteiger partial charge in [0.2, 0.25) is 11.8 Å². The number of amides is 3. The lowest BCUT2D eigenvalue weighted by molar-refractivity contribution is -0.121. The molecular formula is C25H26N4O3S. The second-order valence-electron chi connectivity index (χ2n) is 8.10. The maximum absolute atomic E-state index is 12.8. The molecule has 0 saturated heterocycles. The standard InChI is InChI=1S/C25H26N4O3S/c1-17(18-8-4-2-5-9-18)26-22(30)14-20-16-33-25(27-20)28-23(31)15-29(21-12-13-21)24(32)19-10-6-3-7-11-19/h2-11,16-17,21H,12-15H2,1H3,(H,26,30)(H,27,28,31). The number of nitrogens with zero attached hydrogens (tertiary/aromatic N) is 2. The van der Waals surface area contributed by atoms with Crippen molar-refractivity contribution in [2.45, 2.75) is 38.3 Å². The summed E-state index contributed by atoms with van der Waals surface area (Å²) >= 11 is 1.26. The first-order valence-electron chi connectivity index (χ1n) is 10.9. The van der Waals surface area contributed by atoms with Crippen LogP contribution >= 0.6 is 11.3 Å². The van der Waals surface area contributed by atoms with Crippen molar-refractivity contribution >= 4 is 34.2 Å². The fourth-order valence-corrected chi connectivity index (χ4v) is 4.27. The zero-order chi connectivity index (χ0) is 23.2. The lowest BCUT2D eigenvalue weighted by Gasteiger charge is -2.21. The first-order chi connectivity index (χ1) is 16.0. The highest BCUT2D eigenvalue weighted by Gasteiger charge is 2.34. The number of hydrogen-bond donors (Lipinski definition) is 2. The third-order valence-corrected chi connectivity index (χ3v) is 6.21. The van der Waals surface area contributed by atoms with Gasteiger partial charge in [-0.25, -0.2) is 4.98 Å². The lowest BCUT2D eigenvalue weighted by Crippen LogP contribution is -2.39. The van der Waals surface area contributed by atoms with Crippen molar-refractivity contribution in [3.05, 3.63) is 82.9 Å². The van der Waals surface area contributed by atoms with Crippen molar-refractivity contribution in [1.29, 1.82) is 0 Å². The molecule has 1 aliphatic carbocycles. The average molecular weight is 463 g/mol. The number of carbonyl (C=O) groups is 3. The molecule has 1 aliphatic rings. The Hall–Kier alpha value is -3.52. The van der Waals surface area contributed by atoms with Crippen LogP contribution in [0.2, 0.25) is 0 Å². The van der Waals surface area contributed by atoms with Gasteiger partial charge in [-0.3, -0.25) is 14.4 Å². The minimum atomic E-state index is -0.297. The Balaban J connectivity index is 1.30. The Morgan fingerprint density at radius 1 is 1.03 bits per heavy atom. The molecule has 0 aliphatic heterocycles. The van der Waals surface area contributed by atoms with E-state index in [0.29, 0.717) is 16.4 Å². The molecule has 1 saturated carbocycles. The molecule has 4 rings (SSSR count). The van der Waals surface area contributed by atoms with E-state index in [2.05, 4.69) is 15.6 Å². The number of aromatic nitrogens is 1. The van der Waals surface area contributed by atoms with Crippen molar-refractivity contribution in [1.82, 2.24) is 15.2 Å². The highest BCUT2D eigenvalue weighted by Crippen LogP contribution is 2.28. The Kier molecular flexibility index (Phi) is 7.14.